The van der Waals surface area contributed by atoms with E-state index in [1.54, 1.807) is 12.4 Å². The van der Waals surface area contributed by atoms with Crippen LogP contribution in [0.2, 0.25) is 0 Å². The zero-order valence-corrected chi connectivity index (χ0v) is 15.7. The summed E-state index contributed by atoms with van der Waals surface area (Å²) in [5, 5.41) is 0.686. The molecule has 1 aliphatic heterocycles. The van der Waals surface area contributed by atoms with Gasteiger partial charge in [-0.1, -0.05) is 25.1 Å². The van der Waals surface area contributed by atoms with Gasteiger partial charge in [-0.2, -0.15) is 0 Å². The molecule has 0 radical (unpaired) electrons. The largest absolute Gasteiger partial charge is 0.338 e. The summed E-state index contributed by atoms with van der Waals surface area (Å²) in [5.41, 5.74) is 0.563. The van der Waals surface area contributed by atoms with E-state index < -0.39 is 0 Å². The highest BCUT2D eigenvalue weighted by Crippen LogP contribution is 2.27. The van der Waals surface area contributed by atoms with Crippen molar-refractivity contribution in [2.24, 2.45) is 0 Å². The lowest BCUT2D eigenvalue weighted by atomic mass is 9.96. The summed E-state index contributed by atoms with van der Waals surface area (Å²) < 4.78 is 2.25. The van der Waals surface area contributed by atoms with Gasteiger partial charge in [-0.25, -0.2) is 15.0 Å². The number of piperidine rings is 1. The fourth-order valence-corrected chi connectivity index (χ4v) is 3.60. The van der Waals surface area contributed by atoms with Crippen LogP contribution in [0, 0.1) is 0 Å². The number of imidazole rings is 1. The van der Waals surface area contributed by atoms with Gasteiger partial charge in [0.15, 0.2) is 5.16 Å². The van der Waals surface area contributed by atoms with E-state index in [-0.39, 0.29) is 5.91 Å². The molecule has 0 saturated carbocycles. The molecule has 6 nitrogen and oxygen atoms in total. The van der Waals surface area contributed by atoms with Gasteiger partial charge >= 0.3 is 0 Å². The fraction of sp³-hybridized carbons (Fsp3) is 0.556. The van der Waals surface area contributed by atoms with E-state index in [9.17, 15) is 4.79 Å². The molecule has 1 saturated heterocycles. The van der Waals surface area contributed by atoms with Crippen LogP contribution < -0.4 is 0 Å². The molecule has 3 rings (SSSR count). The van der Waals surface area contributed by atoms with Crippen molar-refractivity contribution >= 4 is 17.7 Å². The predicted octanol–water partition coefficient (Wildman–Crippen LogP) is 3.21. The Morgan fingerprint density at radius 3 is 2.84 bits per heavy atom. The van der Waals surface area contributed by atoms with Crippen LogP contribution in [0.25, 0.3) is 0 Å². The Morgan fingerprint density at radius 1 is 1.32 bits per heavy atom. The normalized spacial score (nSPS) is 17.7. The Kier molecular flexibility index (Phi) is 6.07. The number of unbranched alkanes of at least 4 members (excludes halogenated alkanes) is 1. The Morgan fingerprint density at radius 2 is 2.12 bits per heavy atom. The van der Waals surface area contributed by atoms with Crippen molar-refractivity contribution in [3.63, 3.8) is 0 Å². The van der Waals surface area contributed by atoms with E-state index in [2.05, 4.69) is 32.6 Å². The molecule has 134 valence electrons. The molecule has 0 unspecified atom stereocenters. The Balaban J connectivity index is 1.70. The summed E-state index contributed by atoms with van der Waals surface area (Å²) in [5.74, 6) is 1.43. The molecule has 1 atom stereocenters. The Labute approximate surface area is 153 Å². The molecule has 1 aliphatic rings. The molecule has 0 aromatic carbocycles. The van der Waals surface area contributed by atoms with Crippen molar-refractivity contribution in [2.75, 3.05) is 19.3 Å². The molecule has 0 spiro atoms. The number of thioether (sulfide) groups is 1. The maximum absolute atomic E-state index is 12.8. The van der Waals surface area contributed by atoms with E-state index in [1.165, 1.54) is 18.2 Å². The third-order valence-corrected chi connectivity index (χ3v) is 5.21. The highest BCUT2D eigenvalue weighted by atomic mass is 32.2. The van der Waals surface area contributed by atoms with E-state index in [0.29, 0.717) is 23.2 Å². The second-order valence-electron chi connectivity index (χ2n) is 6.38. The van der Waals surface area contributed by atoms with Crippen LogP contribution in [0.1, 0.15) is 54.7 Å². The van der Waals surface area contributed by atoms with Gasteiger partial charge in [-0.05, 0) is 25.5 Å². The molecule has 2 aromatic rings. The summed E-state index contributed by atoms with van der Waals surface area (Å²) >= 11 is 1.47. The van der Waals surface area contributed by atoms with E-state index in [0.717, 1.165) is 38.2 Å². The number of nitrogens with zero attached hydrogens (tertiary/aromatic N) is 5. The minimum Gasteiger partial charge on any atom is -0.338 e. The van der Waals surface area contributed by atoms with Crippen molar-refractivity contribution in [1.29, 1.82) is 0 Å². The SMILES string of the molecule is CCCCn1ccnc1[C@@H]1CCCN(C(=O)c2cnc(SC)nc2)C1. The summed E-state index contributed by atoms with van der Waals surface area (Å²) in [6.07, 6.45) is 13.5. The number of hydrogen-bond donors (Lipinski definition) is 0. The summed E-state index contributed by atoms with van der Waals surface area (Å²) in [4.78, 5) is 27.7. The molecule has 0 bridgehead atoms. The molecule has 7 heteroatoms. The van der Waals surface area contributed by atoms with Crippen molar-refractivity contribution in [1.82, 2.24) is 24.4 Å². The van der Waals surface area contributed by atoms with Crippen LogP contribution in [0.3, 0.4) is 0 Å². The molecule has 1 amide bonds. The Bertz CT molecular complexity index is 700. The number of carbonyl (C=O) groups is 1. The smallest absolute Gasteiger partial charge is 0.257 e. The number of carbonyl (C=O) groups excluding carboxylic acids is 1. The van der Waals surface area contributed by atoms with E-state index in [1.807, 2.05) is 17.4 Å². The van der Waals surface area contributed by atoms with Gasteiger partial charge < -0.3 is 9.47 Å². The highest BCUT2D eigenvalue weighted by molar-refractivity contribution is 7.98. The van der Waals surface area contributed by atoms with Crippen molar-refractivity contribution in [2.45, 2.75) is 50.2 Å². The topological polar surface area (TPSA) is 63.9 Å². The standard InChI is InChI=1S/C18H25N5OS/c1-3-4-8-22-10-7-19-16(22)14-6-5-9-23(13-14)17(24)15-11-20-18(25-2)21-12-15/h7,10-12,14H,3-6,8-9,13H2,1-2H3/t14-/m1/s1. The second-order valence-corrected chi connectivity index (χ2v) is 7.15. The number of rotatable bonds is 6. The number of hydrogen-bond acceptors (Lipinski definition) is 5. The maximum Gasteiger partial charge on any atom is 0.257 e. The number of aromatic nitrogens is 4. The maximum atomic E-state index is 12.8. The third-order valence-electron chi connectivity index (χ3n) is 4.63. The molecule has 0 N–H and O–H groups in total. The molecular weight excluding hydrogens is 334 g/mol. The number of aryl methyl sites for hydroxylation is 1. The first-order chi connectivity index (χ1) is 12.2. The first kappa shape index (κ1) is 17.9. The fourth-order valence-electron chi connectivity index (χ4n) is 3.29. The Hall–Kier alpha value is -1.89. The first-order valence-electron chi connectivity index (χ1n) is 8.89. The van der Waals surface area contributed by atoms with Crippen LogP contribution in [-0.4, -0.2) is 49.7 Å². The summed E-state index contributed by atoms with van der Waals surface area (Å²) in [6.45, 7) is 4.70. The first-order valence-corrected chi connectivity index (χ1v) is 10.1. The van der Waals surface area contributed by atoms with E-state index >= 15 is 0 Å². The molecule has 1 fully saturated rings. The zero-order chi connectivity index (χ0) is 17.6. The lowest BCUT2D eigenvalue weighted by Crippen LogP contribution is -2.39. The van der Waals surface area contributed by atoms with Crippen LogP contribution in [0.4, 0.5) is 0 Å². The van der Waals surface area contributed by atoms with E-state index in [4.69, 9.17) is 0 Å². The second kappa shape index (κ2) is 8.47. The summed E-state index contributed by atoms with van der Waals surface area (Å²) in [6, 6.07) is 0. The molecule has 3 heterocycles. The minimum absolute atomic E-state index is 0.0176. The number of amides is 1. The van der Waals surface area contributed by atoms with Gasteiger partial charge in [-0.3, -0.25) is 4.79 Å². The van der Waals surface area contributed by atoms with Gasteiger partial charge in [0.05, 0.1) is 5.56 Å². The van der Waals surface area contributed by atoms with Gasteiger partial charge in [0.2, 0.25) is 0 Å². The average molecular weight is 359 g/mol. The van der Waals surface area contributed by atoms with Gasteiger partial charge in [0, 0.05) is 50.3 Å². The highest BCUT2D eigenvalue weighted by Gasteiger charge is 2.28. The lowest BCUT2D eigenvalue weighted by Gasteiger charge is -2.32. The predicted molar refractivity (Wildman–Crippen MR) is 98.8 cm³/mol. The minimum atomic E-state index is 0.0176. The van der Waals surface area contributed by atoms with Crippen LogP contribution in [0.5, 0.6) is 0 Å². The van der Waals surface area contributed by atoms with Gasteiger partial charge in [0.25, 0.3) is 5.91 Å². The molecular formula is C18H25N5OS. The van der Waals surface area contributed by atoms with Crippen molar-refractivity contribution in [3.8, 4) is 0 Å². The average Bonchev–Trinajstić information content (AvgIpc) is 3.14. The van der Waals surface area contributed by atoms with Crippen molar-refractivity contribution < 1.29 is 4.79 Å². The van der Waals surface area contributed by atoms with Crippen molar-refractivity contribution in [3.05, 3.63) is 36.2 Å². The molecule has 2 aromatic heterocycles. The molecule has 25 heavy (non-hydrogen) atoms. The van der Waals surface area contributed by atoms with Crippen LogP contribution in [-0.2, 0) is 6.54 Å². The third kappa shape index (κ3) is 4.21. The van der Waals surface area contributed by atoms with Crippen LogP contribution >= 0.6 is 11.8 Å². The zero-order valence-electron chi connectivity index (χ0n) is 14.9. The van der Waals surface area contributed by atoms with Crippen LogP contribution in [0.15, 0.2) is 29.9 Å². The lowest BCUT2D eigenvalue weighted by molar-refractivity contribution is 0.0702. The molecule has 0 aliphatic carbocycles. The van der Waals surface area contributed by atoms with Gasteiger partial charge in [-0.15, -0.1) is 0 Å². The number of likely N-dealkylation sites (tertiary alicyclic amines) is 1. The van der Waals surface area contributed by atoms with Gasteiger partial charge in [0.1, 0.15) is 5.82 Å². The quantitative estimate of drug-likeness (QED) is 0.585. The summed E-state index contributed by atoms with van der Waals surface area (Å²) in [7, 11) is 0. The monoisotopic (exact) mass is 359 g/mol.